The summed E-state index contributed by atoms with van der Waals surface area (Å²) in [6, 6.07) is 20.4. The maximum absolute atomic E-state index is 3.54. The Morgan fingerprint density at radius 1 is 1.05 bits per heavy atom. The molecule has 1 aliphatic rings. The van der Waals surface area contributed by atoms with Gasteiger partial charge in [0.2, 0.25) is 0 Å². The molecule has 2 unspecified atom stereocenters. The van der Waals surface area contributed by atoms with Gasteiger partial charge in [-0.2, -0.15) is 0 Å². The quantitative estimate of drug-likeness (QED) is 0.910. The van der Waals surface area contributed by atoms with E-state index in [0.29, 0.717) is 12.1 Å². The zero-order valence-corrected chi connectivity index (χ0v) is 13.9. The number of benzene rings is 2. The van der Waals surface area contributed by atoms with E-state index < -0.39 is 0 Å². The molecule has 0 aliphatic carbocycles. The molecule has 0 amide bonds. The summed E-state index contributed by atoms with van der Waals surface area (Å²) in [6.07, 6.45) is 0. The van der Waals surface area contributed by atoms with Gasteiger partial charge >= 0.3 is 0 Å². The fraction of sp³-hybridized carbons (Fsp3) is 0.333. The van der Waals surface area contributed by atoms with E-state index in [1.807, 2.05) is 0 Å². The normalized spacial score (nSPS) is 21.1. The average Bonchev–Trinajstić information content (AvgIpc) is 2.52. The van der Waals surface area contributed by atoms with Crippen LogP contribution in [0.25, 0.3) is 0 Å². The van der Waals surface area contributed by atoms with Crippen molar-refractivity contribution in [3.05, 3.63) is 70.2 Å². The lowest BCUT2D eigenvalue weighted by atomic mass is 9.95. The van der Waals surface area contributed by atoms with Crippen molar-refractivity contribution in [1.82, 2.24) is 10.2 Å². The van der Waals surface area contributed by atoms with Crippen molar-refractivity contribution in [3.63, 3.8) is 0 Å². The highest BCUT2D eigenvalue weighted by atomic mass is 79.9. The van der Waals surface area contributed by atoms with E-state index in [2.05, 4.69) is 87.7 Å². The monoisotopic (exact) mass is 344 g/mol. The SMILES string of the molecule is CC1CNCCN1C(c1ccccc1)c1ccc(Br)cc1. The van der Waals surface area contributed by atoms with Gasteiger partial charge in [0.15, 0.2) is 0 Å². The molecule has 2 aromatic carbocycles. The fourth-order valence-electron chi connectivity index (χ4n) is 3.10. The van der Waals surface area contributed by atoms with E-state index in [1.54, 1.807) is 0 Å². The molecule has 0 saturated carbocycles. The first-order valence-corrected chi connectivity index (χ1v) is 8.32. The third kappa shape index (κ3) is 3.37. The van der Waals surface area contributed by atoms with E-state index in [4.69, 9.17) is 0 Å². The van der Waals surface area contributed by atoms with E-state index in [9.17, 15) is 0 Å². The van der Waals surface area contributed by atoms with Gasteiger partial charge in [0.1, 0.15) is 0 Å². The van der Waals surface area contributed by atoms with E-state index in [0.717, 1.165) is 24.1 Å². The summed E-state index contributed by atoms with van der Waals surface area (Å²) in [5.41, 5.74) is 2.73. The minimum atomic E-state index is 0.330. The lowest BCUT2D eigenvalue weighted by molar-refractivity contribution is 0.137. The summed E-state index contributed by atoms with van der Waals surface area (Å²) in [5.74, 6) is 0. The van der Waals surface area contributed by atoms with Crippen molar-refractivity contribution in [2.45, 2.75) is 19.0 Å². The molecule has 1 heterocycles. The summed E-state index contributed by atoms with van der Waals surface area (Å²) in [4.78, 5) is 2.61. The molecule has 0 bridgehead atoms. The molecule has 1 aliphatic heterocycles. The lowest BCUT2D eigenvalue weighted by Gasteiger charge is -2.40. The molecule has 1 fully saturated rings. The first-order chi connectivity index (χ1) is 10.3. The van der Waals surface area contributed by atoms with Gasteiger partial charge < -0.3 is 5.32 Å². The minimum Gasteiger partial charge on any atom is -0.314 e. The molecule has 110 valence electrons. The number of nitrogens with zero attached hydrogens (tertiary/aromatic N) is 1. The van der Waals surface area contributed by atoms with Crippen LogP contribution in [0.4, 0.5) is 0 Å². The Kier molecular flexibility index (Phi) is 4.73. The Hall–Kier alpha value is -1.16. The van der Waals surface area contributed by atoms with Crippen LogP contribution in [0, 0.1) is 0 Å². The van der Waals surface area contributed by atoms with Gasteiger partial charge in [-0.25, -0.2) is 0 Å². The topological polar surface area (TPSA) is 15.3 Å². The second-order valence-corrected chi connectivity index (χ2v) is 6.57. The van der Waals surface area contributed by atoms with E-state index in [1.165, 1.54) is 11.1 Å². The van der Waals surface area contributed by atoms with Crippen molar-refractivity contribution in [2.24, 2.45) is 0 Å². The van der Waals surface area contributed by atoms with Crippen LogP contribution in [0.1, 0.15) is 24.1 Å². The van der Waals surface area contributed by atoms with Crippen LogP contribution in [-0.2, 0) is 0 Å². The average molecular weight is 345 g/mol. The van der Waals surface area contributed by atoms with Gasteiger partial charge in [-0.05, 0) is 30.2 Å². The molecule has 2 atom stereocenters. The maximum Gasteiger partial charge on any atom is 0.0605 e. The van der Waals surface area contributed by atoms with Crippen LogP contribution in [-0.4, -0.2) is 30.6 Å². The molecule has 2 nitrogen and oxygen atoms in total. The second-order valence-electron chi connectivity index (χ2n) is 5.66. The first kappa shape index (κ1) is 14.8. The van der Waals surface area contributed by atoms with Crippen molar-refractivity contribution in [1.29, 1.82) is 0 Å². The number of rotatable bonds is 3. The summed E-state index contributed by atoms with van der Waals surface area (Å²) in [5, 5.41) is 3.48. The number of halogens is 1. The highest BCUT2D eigenvalue weighted by Gasteiger charge is 2.28. The standard InChI is InChI=1S/C18H21BrN2/c1-14-13-20-11-12-21(14)18(15-5-3-2-4-6-15)16-7-9-17(19)10-8-16/h2-10,14,18,20H,11-13H2,1H3. The van der Waals surface area contributed by atoms with Crippen molar-refractivity contribution in [3.8, 4) is 0 Å². The third-order valence-corrected chi connectivity index (χ3v) is 4.71. The van der Waals surface area contributed by atoms with Gasteiger partial charge in [-0.15, -0.1) is 0 Å². The van der Waals surface area contributed by atoms with Crippen LogP contribution in [0.2, 0.25) is 0 Å². The fourth-order valence-corrected chi connectivity index (χ4v) is 3.36. The molecular weight excluding hydrogens is 324 g/mol. The van der Waals surface area contributed by atoms with Crippen LogP contribution in [0.3, 0.4) is 0 Å². The molecule has 0 aromatic heterocycles. The van der Waals surface area contributed by atoms with Crippen LogP contribution in [0.15, 0.2) is 59.1 Å². The van der Waals surface area contributed by atoms with Gasteiger partial charge in [-0.1, -0.05) is 58.4 Å². The Bertz CT molecular complexity index is 568. The first-order valence-electron chi connectivity index (χ1n) is 7.52. The van der Waals surface area contributed by atoms with Crippen LogP contribution in [0.5, 0.6) is 0 Å². The Morgan fingerprint density at radius 2 is 1.71 bits per heavy atom. The van der Waals surface area contributed by atoms with Crippen LogP contribution < -0.4 is 5.32 Å². The zero-order valence-electron chi connectivity index (χ0n) is 12.3. The highest BCUT2D eigenvalue weighted by molar-refractivity contribution is 9.10. The Balaban J connectivity index is 2.00. The number of hydrogen-bond donors (Lipinski definition) is 1. The molecule has 1 saturated heterocycles. The maximum atomic E-state index is 3.54. The predicted molar refractivity (Wildman–Crippen MR) is 91.5 cm³/mol. The summed E-state index contributed by atoms with van der Waals surface area (Å²) >= 11 is 3.54. The summed E-state index contributed by atoms with van der Waals surface area (Å²) < 4.78 is 1.13. The highest BCUT2D eigenvalue weighted by Crippen LogP contribution is 2.31. The second kappa shape index (κ2) is 6.73. The molecule has 0 radical (unpaired) electrons. The number of hydrogen-bond acceptors (Lipinski definition) is 2. The zero-order chi connectivity index (χ0) is 14.7. The molecule has 21 heavy (non-hydrogen) atoms. The number of nitrogens with one attached hydrogen (secondary N) is 1. The smallest absolute Gasteiger partial charge is 0.0605 e. The van der Waals surface area contributed by atoms with Crippen molar-refractivity contribution in [2.75, 3.05) is 19.6 Å². The molecular formula is C18H21BrN2. The predicted octanol–water partition coefficient (Wildman–Crippen LogP) is 3.83. The largest absolute Gasteiger partial charge is 0.314 e. The van der Waals surface area contributed by atoms with Crippen molar-refractivity contribution < 1.29 is 0 Å². The molecule has 2 aromatic rings. The van der Waals surface area contributed by atoms with Gasteiger partial charge in [-0.3, -0.25) is 4.90 Å². The number of piperazine rings is 1. The third-order valence-electron chi connectivity index (χ3n) is 4.19. The molecule has 0 spiro atoms. The molecule has 3 heteroatoms. The van der Waals surface area contributed by atoms with Gasteiger partial charge in [0, 0.05) is 30.1 Å². The minimum absolute atomic E-state index is 0.330. The summed E-state index contributed by atoms with van der Waals surface area (Å²) in [6.45, 7) is 5.50. The summed E-state index contributed by atoms with van der Waals surface area (Å²) in [7, 11) is 0. The lowest BCUT2D eigenvalue weighted by Crippen LogP contribution is -2.51. The Labute approximate surface area is 135 Å². The van der Waals surface area contributed by atoms with Gasteiger partial charge in [0.05, 0.1) is 6.04 Å². The molecule has 1 N–H and O–H groups in total. The van der Waals surface area contributed by atoms with E-state index >= 15 is 0 Å². The Morgan fingerprint density at radius 3 is 2.38 bits per heavy atom. The van der Waals surface area contributed by atoms with Gasteiger partial charge in [0.25, 0.3) is 0 Å². The molecule has 3 rings (SSSR count). The van der Waals surface area contributed by atoms with E-state index in [-0.39, 0.29) is 0 Å². The van der Waals surface area contributed by atoms with Crippen molar-refractivity contribution >= 4 is 15.9 Å². The van der Waals surface area contributed by atoms with Crippen LogP contribution >= 0.6 is 15.9 Å².